The van der Waals surface area contributed by atoms with Gasteiger partial charge in [0.25, 0.3) is 0 Å². The highest BCUT2D eigenvalue weighted by molar-refractivity contribution is 5.71. The smallest absolute Gasteiger partial charge is 0.306 e. The first-order valence-corrected chi connectivity index (χ1v) is 30.8. The molecule has 6 heteroatoms. The van der Waals surface area contributed by atoms with Gasteiger partial charge in [0.15, 0.2) is 6.10 Å². The second-order valence-electron chi connectivity index (χ2n) is 21.0. The number of hydrogen-bond acceptors (Lipinski definition) is 6. The van der Waals surface area contributed by atoms with Crippen LogP contribution in [-0.2, 0) is 28.6 Å². The highest BCUT2D eigenvalue weighted by atomic mass is 16.6. The Balaban J connectivity index is 4.20. The van der Waals surface area contributed by atoms with Crippen LogP contribution < -0.4 is 0 Å². The average Bonchev–Trinajstić information content (AvgIpc) is 3.35. The first-order chi connectivity index (χ1) is 34.0. The normalized spacial score (nSPS) is 12.1. The molecule has 1 atom stereocenters. The zero-order chi connectivity index (χ0) is 50.0. The summed E-state index contributed by atoms with van der Waals surface area (Å²) in [5.74, 6) is -0.854. The molecule has 0 aromatic carbocycles. The molecule has 406 valence electrons. The highest BCUT2D eigenvalue weighted by Crippen LogP contribution is 2.17. The molecule has 0 radical (unpaired) electrons. The van der Waals surface area contributed by atoms with Crippen molar-refractivity contribution >= 4 is 17.9 Å². The van der Waals surface area contributed by atoms with Gasteiger partial charge in [-0.05, 0) is 70.6 Å². The lowest BCUT2D eigenvalue weighted by Crippen LogP contribution is -2.30. The summed E-state index contributed by atoms with van der Waals surface area (Å²) in [7, 11) is 0. The first-order valence-electron chi connectivity index (χ1n) is 30.8. The van der Waals surface area contributed by atoms with Crippen LogP contribution in [0.4, 0.5) is 0 Å². The Labute approximate surface area is 430 Å². The Morgan fingerprint density at radius 2 is 0.478 bits per heavy atom. The highest BCUT2D eigenvalue weighted by Gasteiger charge is 2.19. The summed E-state index contributed by atoms with van der Waals surface area (Å²) < 4.78 is 16.9. The molecule has 69 heavy (non-hydrogen) atoms. The Morgan fingerprint density at radius 3 is 0.725 bits per heavy atom. The number of esters is 3. The van der Waals surface area contributed by atoms with Gasteiger partial charge >= 0.3 is 17.9 Å². The molecule has 0 aliphatic carbocycles. The van der Waals surface area contributed by atoms with Gasteiger partial charge in [-0.25, -0.2) is 0 Å². The first kappa shape index (κ1) is 66.9. The predicted molar refractivity (Wildman–Crippen MR) is 298 cm³/mol. The molecule has 1 unspecified atom stereocenters. The third-order valence-corrected chi connectivity index (χ3v) is 13.9. The third-order valence-electron chi connectivity index (χ3n) is 13.9. The minimum absolute atomic E-state index is 0.0685. The molecule has 6 nitrogen and oxygen atoms in total. The predicted octanol–water partition coefficient (Wildman–Crippen LogP) is 20.7. The summed E-state index contributed by atoms with van der Waals surface area (Å²) >= 11 is 0. The van der Waals surface area contributed by atoms with Gasteiger partial charge in [0.05, 0.1) is 0 Å². The Hall–Kier alpha value is -2.11. The van der Waals surface area contributed by atoms with E-state index in [1.165, 1.54) is 244 Å². The van der Waals surface area contributed by atoms with Crippen molar-refractivity contribution in [2.24, 2.45) is 0 Å². The van der Waals surface area contributed by atoms with Crippen molar-refractivity contribution in [2.75, 3.05) is 13.2 Å². The van der Waals surface area contributed by atoms with Crippen LogP contribution in [0.1, 0.15) is 342 Å². The van der Waals surface area contributed by atoms with E-state index in [-0.39, 0.29) is 31.1 Å². The molecule has 0 spiro atoms. The van der Waals surface area contributed by atoms with E-state index in [1.807, 2.05) is 0 Å². The van der Waals surface area contributed by atoms with E-state index in [0.717, 1.165) is 57.8 Å². The molecular weight excluding hydrogens is 853 g/mol. The fourth-order valence-electron chi connectivity index (χ4n) is 9.26. The molecule has 0 amide bonds. The van der Waals surface area contributed by atoms with Crippen molar-refractivity contribution in [2.45, 2.75) is 348 Å². The maximum absolute atomic E-state index is 12.9. The second kappa shape index (κ2) is 58.5. The number of allylic oxidation sites excluding steroid dienone is 4. The van der Waals surface area contributed by atoms with Crippen LogP contribution in [0.5, 0.6) is 0 Å². The maximum Gasteiger partial charge on any atom is 0.306 e. The quantitative estimate of drug-likeness (QED) is 0.0261. The molecule has 0 N–H and O–H groups in total. The van der Waals surface area contributed by atoms with Crippen LogP contribution in [-0.4, -0.2) is 37.2 Å². The molecule has 0 aliphatic heterocycles. The van der Waals surface area contributed by atoms with E-state index >= 15 is 0 Å². The van der Waals surface area contributed by atoms with Gasteiger partial charge < -0.3 is 14.2 Å². The van der Waals surface area contributed by atoms with Crippen LogP contribution in [0.25, 0.3) is 0 Å². The molecule has 0 aliphatic rings. The number of ether oxygens (including phenoxy) is 3. The summed E-state index contributed by atoms with van der Waals surface area (Å²) in [4.78, 5) is 38.1. The van der Waals surface area contributed by atoms with Crippen LogP contribution in [0.2, 0.25) is 0 Å². The second-order valence-corrected chi connectivity index (χ2v) is 21.0. The van der Waals surface area contributed by atoms with Gasteiger partial charge in [-0.2, -0.15) is 0 Å². The van der Waals surface area contributed by atoms with Crippen LogP contribution in [0.15, 0.2) is 24.3 Å². The summed E-state index contributed by atoms with van der Waals surface area (Å²) in [6, 6.07) is 0. The Bertz CT molecular complexity index is 1110. The van der Waals surface area contributed by atoms with Gasteiger partial charge in [0.2, 0.25) is 0 Å². The van der Waals surface area contributed by atoms with Gasteiger partial charge in [0.1, 0.15) is 13.2 Å². The van der Waals surface area contributed by atoms with Gasteiger partial charge in [-0.15, -0.1) is 0 Å². The zero-order valence-corrected chi connectivity index (χ0v) is 46.6. The molecule has 0 fully saturated rings. The Morgan fingerprint density at radius 1 is 0.275 bits per heavy atom. The van der Waals surface area contributed by atoms with Crippen molar-refractivity contribution in [1.82, 2.24) is 0 Å². The summed E-state index contributed by atoms with van der Waals surface area (Å²) in [6.45, 7) is 6.67. The zero-order valence-electron chi connectivity index (χ0n) is 46.6. The van der Waals surface area contributed by atoms with E-state index in [0.29, 0.717) is 19.3 Å². The lowest BCUT2D eigenvalue weighted by Gasteiger charge is -2.18. The SMILES string of the molecule is CCCCCCCCCC/C=C\CCCCCCCCCCCC(=O)OCC(COC(=O)CCCCCCCCCCC)OC(=O)CCCCCCCCCCC/C=C\CCCCCCCCCC. The molecule has 0 heterocycles. The number of carbonyl (C=O) groups excluding carboxylic acids is 3. The van der Waals surface area contributed by atoms with Gasteiger partial charge in [0, 0.05) is 19.3 Å². The van der Waals surface area contributed by atoms with E-state index < -0.39 is 6.10 Å². The molecule has 0 aromatic heterocycles. The summed E-state index contributed by atoms with van der Waals surface area (Å²) in [5, 5.41) is 0. The third kappa shape index (κ3) is 56.7. The number of carbonyl (C=O) groups is 3. The molecule has 0 bridgehead atoms. The summed E-state index contributed by atoms with van der Waals surface area (Å²) in [6.07, 6.45) is 69.0. The number of unbranched alkanes of at least 4 members (excludes halogenated alkanes) is 42. The van der Waals surface area contributed by atoms with Crippen molar-refractivity contribution in [1.29, 1.82) is 0 Å². The molecule has 0 saturated heterocycles. The van der Waals surface area contributed by atoms with Crippen molar-refractivity contribution in [3.05, 3.63) is 24.3 Å². The number of rotatable bonds is 57. The van der Waals surface area contributed by atoms with Gasteiger partial charge in [-0.1, -0.05) is 276 Å². The van der Waals surface area contributed by atoms with E-state index in [4.69, 9.17) is 14.2 Å². The van der Waals surface area contributed by atoms with Crippen LogP contribution in [0, 0.1) is 0 Å². The van der Waals surface area contributed by atoms with Gasteiger partial charge in [-0.3, -0.25) is 14.4 Å². The Kier molecular flexibility index (Phi) is 56.7. The van der Waals surface area contributed by atoms with E-state index in [1.54, 1.807) is 0 Å². The minimum atomic E-state index is -0.769. The maximum atomic E-state index is 12.9. The van der Waals surface area contributed by atoms with E-state index in [2.05, 4.69) is 45.1 Å². The molecule has 0 rings (SSSR count). The van der Waals surface area contributed by atoms with Crippen molar-refractivity contribution < 1.29 is 28.6 Å². The van der Waals surface area contributed by atoms with Crippen LogP contribution >= 0.6 is 0 Å². The van der Waals surface area contributed by atoms with Crippen molar-refractivity contribution in [3.8, 4) is 0 Å². The average molecular weight is 972 g/mol. The lowest BCUT2D eigenvalue weighted by molar-refractivity contribution is -0.167. The van der Waals surface area contributed by atoms with E-state index in [9.17, 15) is 14.4 Å². The monoisotopic (exact) mass is 971 g/mol. The standard InChI is InChI=1S/C63H118O6/c1-4-7-10-13-16-19-21-23-25-27-29-31-33-35-37-39-41-44-47-50-53-56-62(65)68-59-60(58-67-61(64)55-52-49-46-43-18-15-12-9-6-3)69-63(66)57-54-51-48-45-42-40-38-36-34-32-30-28-26-24-22-20-17-14-11-8-5-2/h27-30,60H,4-26,31-59H2,1-3H3/b29-27-,30-28-. The molecule has 0 saturated carbocycles. The van der Waals surface area contributed by atoms with Crippen LogP contribution in [0.3, 0.4) is 0 Å². The van der Waals surface area contributed by atoms with Crippen molar-refractivity contribution in [3.63, 3.8) is 0 Å². The fourth-order valence-corrected chi connectivity index (χ4v) is 9.26. The number of hydrogen-bond donors (Lipinski definition) is 0. The topological polar surface area (TPSA) is 78.9 Å². The summed E-state index contributed by atoms with van der Waals surface area (Å²) in [5.41, 5.74) is 0. The molecule has 0 aromatic rings. The fraction of sp³-hybridized carbons (Fsp3) is 0.889. The largest absolute Gasteiger partial charge is 0.462 e. The minimum Gasteiger partial charge on any atom is -0.462 e. The molecular formula is C63H118O6. The lowest BCUT2D eigenvalue weighted by atomic mass is 10.1.